The highest BCUT2D eigenvalue weighted by atomic mass is 16.5. The lowest BCUT2D eigenvalue weighted by atomic mass is 10.2. The summed E-state index contributed by atoms with van der Waals surface area (Å²) >= 11 is 0. The highest BCUT2D eigenvalue weighted by molar-refractivity contribution is 6.04. The molecule has 0 bridgehead atoms. The summed E-state index contributed by atoms with van der Waals surface area (Å²) in [6.45, 7) is 4.71. The maximum Gasteiger partial charge on any atom is 0.274 e. The average molecular weight is 376 g/mol. The molecule has 0 aliphatic rings. The molecule has 0 radical (unpaired) electrons. The van der Waals surface area contributed by atoms with Crippen molar-refractivity contribution in [3.63, 3.8) is 0 Å². The molecule has 2 aromatic carbocycles. The van der Waals surface area contributed by atoms with Crippen molar-refractivity contribution >= 4 is 17.4 Å². The number of nitrogens with one attached hydrogen (secondary N) is 2. The van der Waals surface area contributed by atoms with Gasteiger partial charge in [0.25, 0.3) is 5.91 Å². The van der Waals surface area contributed by atoms with Crippen LogP contribution in [0.1, 0.15) is 36.1 Å². The molecule has 0 aliphatic carbocycles. The number of benzene rings is 2. The molecule has 0 spiro atoms. The van der Waals surface area contributed by atoms with Gasteiger partial charge >= 0.3 is 0 Å². The molecule has 28 heavy (non-hydrogen) atoms. The molecule has 3 rings (SSSR count). The standard InChI is InChI=1S/C22H24N4O2/c1-3-4-14-23-21-15-19(24-16(2)25-21)22(27)26-18-12-8-9-13-20(18)28-17-10-6-5-7-11-17/h5-13,15H,3-4,14H2,1-2H3,(H,26,27)(H,23,24,25). The van der Waals surface area contributed by atoms with E-state index in [2.05, 4.69) is 27.5 Å². The van der Waals surface area contributed by atoms with Crippen LogP contribution in [-0.2, 0) is 0 Å². The zero-order chi connectivity index (χ0) is 19.8. The minimum absolute atomic E-state index is 0.306. The number of rotatable bonds is 8. The summed E-state index contributed by atoms with van der Waals surface area (Å²) in [5, 5.41) is 6.12. The fourth-order valence-corrected chi connectivity index (χ4v) is 2.63. The van der Waals surface area contributed by atoms with Gasteiger partial charge in [-0.3, -0.25) is 4.79 Å². The predicted octanol–water partition coefficient (Wildman–Crippen LogP) is 5.04. The van der Waals surface area contributed by atoms with Gasteiger partial charge in [0.1, 0.15) is 23.1 Å². The normalized spacial score (nSPS) is 10.4. The summed E-state index contributed by atoms with van der Waals surface area (Å²) in [6, 6.07) is 18.4. The first-order valence-electron chi connectivity index (χ1n) is 9.38. The second-order valence-electron chi connectivity index (χ2n) is 6.33. The van der Waals surface area contributed by atoms with Crippen LogP contribution >= 0.6 is 0 Å². The molecular formula is C22H24N4O2. The Labute approximate surface area is 165 Å². The second-order valence-corrected chi connectivity index (χ2v) is 6.33. The van der Waals surface area contributed by atoms with Crippen LogP contribution in [0.2, 0.25) is 0 Å². The van der Waals surface area contributed by atoms with Crippen molar-refractivity contribution in [2.45, 2.75) is 26.7 Å². The van der Waals surface area contributed by atoms with Crippen LogP contribution in [0.15, 0.2) is 60.7 Å². The number of unbranched alkanes of at least 4 members (excludes halogenated alkanes) is 1. The third-order valence-electron chi connectivity index (χ3n) is 4.01. The maximum atomic E-state index is 12.8. The number of hydrogen-bond acceptors (Lipinski definition) is 5. The van der Waals surface area contributed by atoms with Crippen molar-refractivity contribution in [3.8, 4) is 11.5 Å². The van der Waals surface area contributed by atoms with E-state index in [1.807, 2.05) is 48.5 Å². The van der Waals surface area contributed by atoms with Crippen molar-refractivity contribution < 1.29 is 9.53 Å². The van der Waals surface area contributed by atoms with Gasteiger partial charge in [0.05, 0.1) is 5.69 Å². The molecule has 0 unspecified atom stereocenters. The van der Waals surface area contributed by atoms with E-state index in [1.165, 1.54) is 0 Å². The minimum Gasteiger partial charge on any atom is -0.455 e. The number of carbonyl (C=O) groups is 1. The fraction of sp³-hybridized carbons (Fsp3) is 0.227. The van der Waals surface area contributed by atoms with Gasteiger partial charge in [0.2, 0.25) is 0 Å². The molecule has 0 fully saturated rings. The molecular weight excluding hydrogens is 352 g/mol. The van der Waals surface area contributed by atoms with Gasteiger partial charge in [-0.05, 0) is 37.6 Å². The minimum atomic E-state index is -0.312. The van der Waals surface area contributed by atoms with E-state index in [1.54, 1.807) is 19.1 Å². The smallest absolute Gasteiger partial charge is 0.274 e. The lowest BCUT2D eigenvalue weighted by Gasteiger charge is -2.13. The van der Waals surface area contributed by atoms with Gasteiger partial charge < -0.3 is 15.4 Å². The monoisotopic (exact) mass is 376 g/mol. The van der Waals surface area contributed by atoms with Crippen molar-refractivity contribution in [3.05, 3.63) is 72.2 Å². The van der Waals surface area contributed by atoms with E-state index >= 15 is 0 Å². The van der Waals surface area contributed by atoms with E-state index in [0.717, 1.165) is 19.4 Å². The quantitative estimate of drug-likeness (QED) is 0.539. The fourth-order valence-electron chi connectivity index (χ4n) is 2.63. The van der Waals surface area contributed by atoms with Crippen LogP contribution in [0, 0.1) is 6.92 Å². The van der Waals surface area contributed by atoms with Crippen LogP contribution in [0.25, 0.3) is 0 Å². The van der Waals surface area contributed by atoms with Gasteiger partial charge in [-0.2, -0.15) is 0 Å². The molecule has 2 N–H and O–H groups in total. The Kier molecular flexibility index (Phi) is 6.57. The van der Waals surface area contributed by atoms with Gasteiger partial charge in [0.15, 0.2) is 5.75 Å². The molecule has 6 nitrogen and oxygen atoms in total. The first kappa shape index (κ1) is 19.4. The SMILES string of the molecule is CCCCNc1cc(C(=O)Nc2ccccc2Oc2ccccc2)nc(C)n1. The molecule has 144 valence electrons. The first-order valence-corrected chi connectivity index (χ1v) is 9.38. The van der Waals surface area contributed by atoms with Crippen molar-refractivity contribution in [2.24, 2.45) is 0 Å². The maximum absolute atomic E-state index is 12.8. The van der Waals surface area contributed by atoms with Gasteiger partial charge in [0, 0.05) is 12.6 Å². The van der Waals surface area contributed by atoms with Crippen LogP contribution in [-0.4, -0.2) is 22.4 Å². The molecule has 1 amide bonds. The van der Waals surface area contributed by atoms with Crippen LogP contribution in [0.4, 0.5) is 11.5 Å². The number of amides is 1. The Morgan fingerprint density at radius 1 is 1.04 bits per heavy atom. The average Bonchev–Trinajstić information content (AvgIpc) is 2.70. The largest absolute Gasteiger partial charge is 0.455 e. The number of anilines is 2. The lowest BCUT2D eigenvalue weighted by Crippen LogP contribution is -2.16. The molecule has 0 atom stereocenters. The zero-order valence-electron chi connectivity index (χ0n) is 16.1. The third-order valence-corrected chi connectivity index (χ3v) is 4.01. The summed E-state index contributed by atoms with van der Waals surface area (Å²) < 4.78 is 5.90. The van der Waals surface area contributed by atoms with Crippen LogP contribution in [0.3, 0.4) is 0 Å². The van der Waals surface area contributed by atoms with E-state index in [-0.39, 0.29) is 5.91 Å². The number of aryl methyl sites for hydroxylation is 1. The van der Waals surface area contributed by atoms with Gasteiger partial charge in [-0.15, -0.1) is 0 Å². The molecule has 3 aromatic rings. The van der Waals surface area contributed by atoms with Crippen molar-refractivity contribution in [1.29, 1.82) is 0 Å². The summed E-state index contributed by atoms with van der Waals surface area (Å²) in [5.41, 5.74) is 0.883. The van der Waals surface area contributed by atoms with Crippen LogP contribution in [0.5, 0.6) is 11.5 Å². The van der Waals surface area contributed by atoms with Gasteiger partial charge in [-0.1, -0.05) is 43.7 Å². The first-order chi connectivity index (χ1) is 13.7. The second kappa shape index (κ2) is 9.50. The van der Waals surface area contributed by atoms with E-state index < -0.39 is 0 Å². The molecule has 1 aromatic heterocycles. The summed E-state index contributed by atoms with van der Waals surface area (Å²) in [7, 11) is 0. The van der Waals surface area contributed by atoms with Crippen LogP contribution < -0.4 is 15.4 Å². The van der Waals surface area contributed by atoms with Crippen molar-refractivity contribution in [1.82, 2.24) is 9.97 Å². The Morgan fingerprint density at radius 2 is 1.79 bits per heavy atom. The number of hydrogen-bond donors (Lipinski definition) is 2. The Hall–Kier alpha value is -3.41. The molecule has 0 saturated carbocycles. The third kappa shape index (κ3) is 5.30. The molecule has 0 aliphatic heterocycles. The number of nitrogens with zero attached hydrogens (tertiary/aromatic N) is 2. The summed E-state index contributed by atoms with van der Waals surface area (Å²) in [4.78, 5) is 21.4. The molecule has 0 saturated heterocycles. The van der Waals surface area contributed by atoms with E-state index in [4.69, 9.17) is 4.74 Å². The number of ether oxygens (including phenoxy) is 1. The van der Waals surface area contributed by atoms with Gasteiger partial charge in [-0.25, -0.2) is 9.97 Å². The Morgan fingerprint density at radius 3 is 2.57 bits per heavy atom. The van der Waals surface area contributed by atoms with Crippen molar-refractivity contribution in [2.75, 3.05) is 17.2 Å². The number of para-hydroxylation sites is 3. The Balaban J connectivity index is 1.76. The summed E-state index contributed by atoms with van der Waals surface area (Å²) in [6.07, 6.45) is 2.12. The molecule has 1 heterocycles. The Bertz CT molecular complexity index is 929. The van der Waals surface area contributed by atoms with E-state index in [9.17, 15) is 4.79 Å². The van der Waals surface area contributed by atoms with E-state index in [0.29, 0.717) is 34.5 Å². The molecule has 6 heteroatoms. The highest BCUT2D eigenvalue weighted by Gasteiger charge is 2.13. The number of carbonyl (C=O) groups excluding carboxylic acids is 1. The predicted molar refractivity (Wildman–Crippen MR) is 111 cm³/mol. The lowest BCUT2D eigenvalue weighted by molar-refractivity contribution is 0.102. The summed E-state index contributed by atoms with van der Waals surface area (Å²) in [5.74, 6) is 2.15. The highest BCUT2D eigenvalue weighted by Crippen LogP contribution is 2.29. The topological polar surface area (TPSA) is 76.1 Å². The number of aromatic nitrogens is 2. The zero-order valence-corrected chi connectivity index (χ0v) is 16.1.